The first-order valence-corrected chi connectivity index (χ1v) is 5.73. The molecule has 2 rings (SSSR count). The largest absolute Gasteiger partial charge is 0.434 e. The van der Waals surface area contributed by atoms with Crippen molar-refractivity contribution in [3.63, 3.8) is 0 Å². The normalized spacial score (nSPS) is 10.4. The van der Waals surface area contributed by atoms with Crippen molar-refractivity contribution in [3.05, 3.63) is 46.3 Å². The van der Waals surface area contributed by atoms with Crippen molar-refractivity contribution in [1.82, 2.24) is 9.97 Å². The molecule has 1 heterocycles. The molecule has 1 aromatic carbocycles. The van der Waals surface area contributed by atoms with Gasteiger partial charge in [0, 0.05) is 17.2 Å². The van der Waals surface area contributed by atoms with E-state index in [0.29, 0.717) is 10.2 Å². The van der Waals surface area contributed by atoms with Crippen molar-refractivity contribution < 1.29 is 13.5 Å². The molecule has 18 heavy (non-hydrogen) atoms. The van der Waals surface area contributed by atoms with Crippen LogP contribution in [0.15, 0.2) is 29.0 Å². The molecule has 0 spiro atoms. The van der Waals surface area contributed by atoms with Gasteiger partial charge in [-0.3, -0.25) is 4.98 Å². The number of hydrogen-bond acceptors (Lipinski definition) is 4. The molecule has 0 unspecified atom stereocenters. The quantitative estimate of drug-likeness (QED) is 0.885. The zero-order valence-electron chi connectivity index (χ0n) is 9.03. The molecule has 0 fully saturated rings. The average molecular weight is 316 g/mol. The average Bonchev–Trinajstić information content (AvgIpc) is 2.35. The molecule has 0 aliphatic carbocycles. The van der Waals surface area contributed by atoms with Crippen molar-refractivity contribution in [2.24, 2.45) is 5.73 Å². The highest BCUT2D eigenvalue weighted by atomic mass is 79.9. The van der Waals surface area contributed by atoms with Crippen LogP contribution in [0.1, 0.15) is 5.69 Å². The Balaban J connectivity index is 2.33. The van der Waals surface area contributed by atoms with Gasteiger partial charge in [-0.1, -0.05) is 15.9 Å². The predicted molar refractivity (Wildman–Crippen MR) is 64.1 cm³/mol. The van der Waals surface area contributed by atoms with Gasteiger partial charge in [0.2, 0.25) is 11.7 Å². The number of benzene rings is 1. The van der Waals surface area contributed by atoms with E-state index >= 15 is 0 Å². The van der Waals surface area contributed by atoms with Crippen LogP contribution < -0.4 is 10.5 Å². The molecule has 2 N–H and O–H groups in total. The third-order valence-corrected chi connectivity index (χ3v) is 2.50. The highest BCUT2D eigenvalue weighted by Crippen LogP contribution is 2.28. The lowest BCUT2D eigenvalue weighted by Crippen LogP contribution is -2.02. The molecule has 0 bridgehead atoms. The summed E-state index contributed by atoms with van der Waals surface area (Å²) >= 11 is 3.05. The molecule has 0 amide bonds. The number of hydrogen-bond donors (Lipinski definition) is 1. The van der Waals surface area contributed by atoms with Gasteiger partial charge in [-0.25, -0.2) is 9.37 Å². The monoisotopic (exact) mass is 315 g/mol. The maximum Gasteiger partial charge on any atom is 0.238 e. The van der Waals surface area contributed by atoms with E-state index in [-0.39, 0.29) is 18.2 Å². The summed E-state index contributed by atoms with van der Waals surface area (Å²) in [4.78, 5) is 7.80. The zero-order valence-corrected chi connectivity index (χ0v) is 10.6. The number of nitrogens with zero attached hydrogens (tertiary/aromatic N) is 2. The van der Waals surface area contributed by atoms with Crippen molar-refractivity contribution in [3.8, 4) is 11.6 Å². The van der Waals surface area contributed by atoms with Crippen LogP contribution in [0.5, 0.6) is 11.6 Å². The van der Waals surface area contributed by atoms with E-state index in [1.165, 1.54) is 18.5 Å². The predicted octanol–water partition coefficient (Wildman–Crippen LogP) is 2.77. The summed E-state index contributed by atoms with van der Waals surface area (Å²) in [5, 5.41) is 0. The Bertz CT molecular complexity index is 580. The first-order chi connectivity index (χ1) is 8.60. The summed E-state index contributed by atoms with van der Waals surface area (Å²) in [6, 6.07) is 2.30. The molecule has 0 radical (unpaired) electrons. The first-order valence-electron chi connectivity index (χ1n) is 4.93. The fourth-order valence-electron chi connectivity index (χ4n) is 1.25. The molecule has 0 saturated carbocycles. The van der Waals surface area contributed by atoms with Crippen LogP contribution in [-0.4, -0.2) is 9.97 Å². The van der Waals surface area contributed by atoms with Crippen LogP contribution in [0, 0.1) is 11.6 Å². The van der Waals surface area contributed by atoms with Gasteiger partial charge < -0.3 is 10.5 Å². The molecule has 0 aliphatic rings. The Morgan fingerprint density at radius 2 is 2.06 bits per heavy atom. The van der Waals surface area contributed by atoms with Crippen LogP contribution in [0.3, 0.4) is 0 Å². The second-order valence-electron chi connectivity index (χ2n) is 3.35. The van der Waals surface area contributed by atoms with Crippen LogP contribution in [-0.2, 0) is 6.54 Å². The minimum Gasteiger partial charge on any atom is -0.434 e. The summed E-state index contributed by atoms with van der Waals surface area (Å²) in [7, 11) is 0. The lowest BCUT2D eigenvalue weighted by molar-refractivity contribution is 0.402. The molecule has 1 aromatic heterocycles. The smallest absolute Gasteiger partial charge is 0.238 e. The first kappa shape index (κ1) is 12.8. The van der Waals surface area contributed by atoms with E-state index in [4.69, 9.17) is 10.5 Å². The highest BCUT2D eigenvalue weighted by Gasteiger charge is 2.13. The Morgan fingerprint density at radius 3 is 2.78 bits per heavy atom. The van der Waals surface area contributed by atoms with Gasteiger partial charge in [-0.05, 0) is 12.1 Å². The Labute approximate surface area is 110 Å². The number of rotatable bonds is 3. The number of aromatic nitrogens is 2. The van der Waals surface area contributed by atoms with E-state index in [0.717, 1.165) is 6.07 Å². The minimum atomic E-state index is -1.09. The highest BCUT2D eigenvalue weighted by molar-refractivity contribution is 9.10. The Kier molecular flexibility index (Phi) is 3.83. The SMILES string of the molecule is NCc1cncc(Oc2cc(Br)cc(F)c2F)n1. The maximum atomic E-state index is 13.5. The summed E-state index contributed by atoms with van der Waals surface area (Å²) in [6.07, 6.45) is 2.75. The van der Waals surface area contributed by atoms with Gasteiger partial charge in [0.25, 0.3) is 0 Å². The van der Waals surface area contributed by atoms with Crippen molar-refractivity contribution in [2.45, 2.75) is 6.54 Å². The second kappa shape index (κ2) is 5.36. The fourth-order valence-corrected chi connectivity index (χ4v) is 1.66. The van der Waals surface area contributed by atoms with Crippen LogP contribution in [0.2, 0.25) is 0 Å². The Hall–Kier alpha value is -1.60. The maximum absolute atomic E-state index is 13.5. The molecule has 0 saturated heterocycles. The second-order valence-corrected chi connectivity index (χ2v) is 4.27. The van der Waals surface area contributed by atoms with E-state index in [1.807, 2.05) is 0 Å². The molecule has 2 aromatic rings. The Morgan fingerprint density at radius 1 is 1.28 bits per heavy atom. The molecule has 4 nitrogen and oxygen atoms in total. The third kappa shape index (κ3) is 2.80. The third-order valence-electron chi connectivity index (χ3n) is 2.05. The number of halogens is 3. The van der Waals surface area contributed by atoms with E-state index < -0.39 is 11.6 Å². The van der Waals surface area contributed by atoms with Crippen LogP contribution in [0.25, 0.3) is 0 Å². The van der Waals surface area contributed by atoms with E-state index in [2.05, 4.69) is 25.9 Å². The van der Waals surface area contributed by atoms with Crippen molar-refractivity contribution >= 4 is 15.9 Å². The minimum absolute atomic E-state index is 0.0503. The molecule has 0 atom stereocenters. The molecule has 0 aliphatic heterocycles. The van der Waals surface area contributed by atoms with Gasteiger partial charge in [-0.2, -0.15) is 4.39 Å². The van der Waals surface area contributed by atoms with Gasteiger partial charge in [0.15, 0.2) is 11.6 Å². The summed E-state index contributed by atoms with van der Waals surface area (Å²) in [5.74, 6) is -2.32. The summed E-state index contributed by atoms with van der Waals surface area (Å²) in [5.41, 5.74) is 5.88. The van der Waals surface area contributed by atoms with E-state index in [9.17, 15) is 8.78 Å². The summed E-state index contributed by atoms with van der Waals surface area (Å²) < 4.78 is 32.1. The van der Waals surface area contributed by atoms with Crippen molar-refractivity contribution in [2.75, 3.05) is 0 Å². The summed E-state index contributed by atoms with van der Waals surface area (Å²) in [6.45, 7) is 0.180. The van der Waals surface area contributed by atoms with Crippen LogP contribution in [0.4, 0.5) is 8.78 Å². The lowest BCUT2D eigenvalue weighted by atomic mass is 10.3. The lowest BCUT2D eigenvalue weighted by Gasteiger charge is -2.07. The molecular formula is C11H8BrF2N3O. The van der Waals surface area contributed by atoms with E-state index in [1.54, 1.807) is 0 Å². The fraction of sp³-hybridized carbons (Fsp3) is 0.0909. The molecule has 94 valence electrons. The topological polar surface area (TPSA) is 61.0 Å². The number of nitrogens with two attached hydrogens (primary N) is 1. The standard InChI is InChI=1S/C11H8BrF2N3O/c12-6-1-8(13)11(14)9(2-6)18-10-5-16-4-7(3-15)17-10/h1-2,4-5H,3,15H2. The molecular weight excluding hydrogens is 308 g/mol. The van der Waals surface area contributed by atoms with Gasteiger partial charge in [-0.15, -0.1) is 0 Å². The van der Waals surface area contributed by atoms with Crippen molar-refractivity contribution in [1.29, 1.82) is 0 Å². The van der Waals surface area contributed by atoms with Gasteiger partial charge >= 0.3 is 0 Å². The van der Waals surface area contributed by atoms with Gasteiger partial charge in [0.05, 0.1) is 11.9 Å². The van der Waals surface area contributed by atoms with Gasteiger partial charge in [0.1, 0.15) is 0 Å². The zero-order chi connectivity index (χ0) is 13.1. The van der Waals surface area contributed by atoms with Crippen LogP contribution >= 0.6 is 15.9 Å². The molecule has 7 heteroatoms. The number of ether oxygens (including phenoxy) is 1.